The fraction of sp³-hybridized carbons (Fsp3) is 0. The molecule has 0 aliphatic carbocycles. The summed E-state index contributed by atoms with van der Waals surface area (Å²) in [5.41, 5.74) is 12.9. The number of rotatable bonds is 7. The molecule has 264 valence electrons. The van der Waals surface area contributed by atoms with E-state index in [2.05, 4.69) is 109 Å². The predicted molar refractivity (Wildman–Crippen MR) is 228 cm³/mol. The molecule has 0 atom stereocenters. The molecule has 2 heterocycles. The van der Waals surface area contributed by atoms with Crippen molar-refractivity contribution in [3.8, 4) is 67.0 Å². The standard InChI is InChI=1S/C52H34N2O2/c55-51-43-23-13-14-24-44(43)52(56)54(51)53-49(41-19-9-3-10-20-41)47-33-45(39-29-25-37(26-30-39)35-15-5-1-6-16-35)46(34-48(47)50(53)42-21-11-4-12-22-42)40-31-27-38(28-32-40)36-17-7-2-8-18-36/h1-34H. The number of carbonyl (C=O) groups is 2. The number of benzene rings is 8. The van der Waals surface area contributed by atoms with Crippen molar-refractivity contribution >= 4 is 22.6 Å². The Balaban J connectivity index is 1.28. The number of hydrogen-bond donors (Lipinski definition) is 0. The molecule has 8 aromatic carbocycles. The quantitative estimate of drug-likeness (QED) is 0.154. The molecule has 1 aliphatic rings. The van der Waals surface area contributed by atoms with Crippen molar-refractivity contribution in [2.45, 2.75) is 0 Å². The van der Waals surface area contributed by atoms with Gasteiger partial charge in [-0.1, -0.05) is 182 Å². The first-order valence-electron chi connectivity index (χ1n) is 18.8. The normalized spacial score (nSPS) is 12.3. The Bertz CT molecular complexity index is 2700. The second-order valence-corrected chi connectivity index (χ2v) is 14.0. The van der Waals surface area contributed by atoms with Crippen molar-refractivity contribution in [2.24, 2.45) is 0 Å². The van der Waals surface area contributed by atoms with Gasteiger partial charge in [0, 0.05) is 21.9 Å². The van der Waals surface area contributed by atoms with Crippen LogP contribution in [0.15, 0.2) is 206 Å². The average molecular weight is 719 g/mol. The minimum atomic E-state index is -0.353. The van der Waals surface area contributed by atoms with E-state index in [1.165, 1.54) is 5.01 Å². The summed E-state index contributed by atoms with van der Waals surface area (Å²) in [5.74, 6) is -0.706. The topological polar surface area (TPSA) is 42.3 Å². The van der Waals surface area contributed by atoms with Crippen LogP contribution in [-0.2, 0) is 0 Å². The summed E-state index contributed by atoms with van der Waals surface area (Å²) >= 11 is 0. The van der Waals surface area contributed by atoms with Crippen LogP contribution in [0.1, 0.15) is 20.7 Å². The van der Waals surface area contributed by atoms with Crippen LogP contribution in [0.3, 0.4) is 0 Å². The zero-order valence-electron chi connectivity index (χ0n) is 30.3. The summed E-state index contributed by atoms with van der Waals surface area (Å²) < 4.78 is 1.87. The molecule has 10 rings (SSSR count). The highest BCUT2D eigenvalue weighted by Crippen LogP contribution is 2.46. The second-order valence-electron chi connectivity index (χ2n) is 14.0. The molecule has 0 spiro atoms. The molecule has 2 amide bonds. The molecule has 0 saturated heterocycles. The molecule has 0 N–H and O–H groups in total. The van der Waals surface area contributed by atoms with E-state index in [-0.39, 0.29) is 11.8 Å². The van der Waals surface area contributed by atoms with Gasteiger partial charge in [-0.3, -0.25) is 9.59 Å². The van der Waals surface area contributed by atoms with Gasteiger partial charge in [-0.05, 0) is 68.8 Å². The van der Waals surface area contributed by atoms with E-state index in [0.29, 0.717) is 11.1 Å². The minimum absolute atomic E-state index is 0.353. The highest BCUT2D eigenvalue weighted by atomic mass is 16.2. The van der Waals surface area contributed by atoms with Crippen LogP contribution < -0.4 is 5.01 Å². The Morgan fingerprint density at radius 2 is 0.554 bits per heavy atom. The molecular weight excluding hydrogens is 685 g/mol. The smallest absolute Gasteiger partial charge is 0.267 e. The fourth-order valence-corrected chi connectivity index (χ4v) is 8.06. The van der Waals surface area contributed by atoms with Gasteiger partial charge in [-0.15, -0.1) is 0 Å². The highest BCUT2D eigenvalue weighted by molar-refractivity contribution is 6.31. The van der Waals surface area contributed by atoms with Crippen molar-refractivity contribution in [1.82, 2.24) is 4.68 Å². The third kappa shape index (κ3) is 5.55. The van der Waals surface area contributed by atoms with Crippen LogP contribution in [0.5, 0.6) is 0 Å². The van der Waals surface area contributed by atoms with Gasteiger partial charge in [0.15, 0.2) is 0 Å². The fourth-order valence-electron chi connectivity index (χ4n) is 8.06. The molecule has 0 radical (unpaired) electrons. The van der Waals surface area contributed by atoms with Crippen molar-refractivity contribution in [3.63, 3.8) is 0 Å². The molecule has 0 bridgehead atoms. The number of fused-ring (bicyclic) bond motifs is 2. The highest BCUT2D eigenvalue weighted by Gasteiger charge is 2.40. The Morgan fingerprint density at radius 1 is 0.268 bits per heavy atom. The number of hydrogen-bond acceptors (Lipinski definition) is 2. The zero-order valence-corrected chi connectivity index (χ0v) is 30.3. The van der Waals surface area contributed by atoms with Crippen molar-refractivity contribution < 1.29 is 9.59 Å². The van der Waals surface area contributed by atoms with Gasteiger partial charge in [0.05, 0.1) is 22.5 Å². The Kier molecular flexibility index (Phi) is 8.08. The minimum Gasteiger partial charge on any atom is -0.267 e. The summed E-state index contributed by atoms with van der Waals surface area (Å²) in [4.78, 5) is 28.8. The molecule has 56 heavy (non-hydrogen) atoms. The maximum atomic E-state index is 14.4. The number of aromatic nitrogens is 1. The zero-order chi connectivity index (χ0) is 37.6. The lowest BCUT2D eigenvalue weighted by atomic mass is 9.89. The van der Waals surface area contributed by atoms with Crippen LogP contribution >= 0.6 is 0 Å². The molecule has 0 fully saturated rings. The van der Waals surface area contributed by atoms with E-state index < -0.39 is 0 Å². The molecule has 4 heteroatoms. The molecular formula is C52H34N2O2. The SMILES string of the molecule is O=C1c2ccccc2C(=O)N1n1c(-c2ccccc2)c2cc(-c3ccc(-c4ccccc4)cc3)c(-c3ccc(-c4ccccc4)cc3)cc2c1-c1ccccc1. The van der Waals surface area contributed by atoms with Gasteiger partial charge < -0.3 is 0 Å². The van der Waals surface area contributed by atoms with Crippen LogP contribution in [0.4, 0.5) is 0 Å². The Morgan fingerprint density at radius 3 is 0.911 bits per heavy atom. The van der Waals surface area contributed by atoms with Crippen LogP contribution in [0.2, 0.25) is 0 Å². The first-order valence-corrected chi connectivity index (χ1v) is 18.8. The van der Waals surface area contributed by atoms with Crippen molar-refractivity contribution in [2.75, 3.05) is 5.01 Å². The summed E-state index contributed by atoms with van der Waals surface area (Å²) in [7, 11) is 0. The van der Waals surface area contributed by atoms with E-state index in [9.17, 15) is 9.59 Å². The molecule has 0 unspecified atom stereocenters. The van der Waals surface area contributed by atoms with Gasteiger partial charge in [0.1, 0.15) is 0 Å². The molecule has 0 saturated carbocycles. The summed E-state index contributed by atoms with van der Waals surface area (Å²) in [6.07, 6.45) is 0. The van der Waals surface area contributed by atoms with Crippen molar-refractivity contribution in [1.29, 1.82) is 0 Å². The predicted octanol–water partition coefficient (Wildman–Crippen LogP) is 12.6. The third-order valence-corrected chi connectivity index (χ3v) is 10.8. The van der Waals surface area contributed by atoms with Gasteiger partial charge in [0.2, 0.25) is 0 Å². The Labute approximate surface area is 325 Å². The number of amides is 2. The van der Waals surface area contributed by atoms with Crippen LogP contribution in [0.25, 0.3) is 77.8 Å². The first-order chi connectivity index (χ1) is 27.6. The lowest BCUT2D eigenvalue weighted by molar-refractivity contribution is 0.0888. The van der Waals surface area contributed by atoms with E-state index >= 15 is 0 Å². The number of nitrogens with zero attached hydrogens (tertiary/aromatic N) is 2. The summed E-state index contributed by atoms with van der Waals surface area (Å²) in [6.45, 7) is 0. The first kappa shape index (κ1) is 33.0. The number of carbonyl (C=O) groups excluding carboxylic acids is 2. The molecule has 1 aliphatic heterocycles. The molecule has 1 aromatic heterocycles. The largest absolute Gasteiger partial charge is 0.281 e. The van der Waals surface area contributed by atoms with E-state index in [4.69, 9.17) is 0 Å². The average Bonchev–Trinajstić information content (AvgIpc) is 3.73. The molecule has 9 aromatic rings. The summed E-state index contributed by atoms with van der Waals surface area (Å²) in [6, 6.07) is 69.9. The van der Waals surface area contributed by atoms with Gasteiger partial charge in [-0.25, -0.2) is 4.68 Å². The van der Waals surface area contributed by atoms with E-state index in [1.54, 1.807) is 24.3 Å². The van der Waals surface area contributed by atoms with E-state index in [1.807, 2.05) is 77.5 Å². The van der Waals surface area contributed by atoms with Crippen molar-refractivity contribution in [3.05, 3.63) is 217 Å². The lowest BCUT2D eigenvalue weighted by Crippen LogP contribution is -2.40. The van der Waals surface area contributed by atoms with Crippen LogP contribution in [0, 0.1) is 0 Å². The van der Waals surface area contributed by atoms with Gasteiger partial charge in [0.25, 0.3) is 11.8 Å². The third-order valence-electron chi connectivity index (χ3n) is 10.8. The van der Waals surface area contributed by atoms with E-state index in [0.717, 1.165) is 77.8 Å². The number of imide groups is 1. The summed E-state index contributed by atoms with van der Waals surface area (Å²) in [5, 5.41) is 3.19. The maximum Gasteiger partial charge on any atom is 0.281 e. The van der Waals surface area contributed by atoms with Gasteiger partial charge >= 0.3 is 0 Å². The van der Waals surface area contributed by atoms with Gasteiger partial charge in [-0.2, -0.15) is 5.01 Å². The second kappa shape index (κ2) is 13.7. The molecule has 4 nitrogen and oxygen atoms in total. The Hall–Kier alpha value is -7.56. The monoisotopic (exact) mass is 718 g/mol. The maximum absolute atomic E-state index is 14.4. The van der Waals surface area contributed by atoms with Crippen LogP contribution in [-0.4, -0.2) is 16.5 Å². The lowest BCUT2D eigenvalue weighted by Gasteiger charge is -2.22.